The van der Waals surface area contributed by atoms with Gasteiger partial charge in [0.25, 0.3) is 0 Å². The van der Waals surface area contributed by atoms with Crippen molar-refractivity contribution < 1.29 is 4.42 Å². The second-order valence-corrected chi connectivity index (χ2v) is 13.6. The predicted octanol–water partition coefficient (Wildman–Crippen LogP) is 13.4. The number of rotatable bonds is 7. The van der Waals surface area contributed by atoms with Gasteiger partial charge in [0.1, 0.15) is 11.2 Å². The van der Waals surface area contributed by atoms with Crippen molar-refractivity contribution in [1.29, 1.82) is 0 Å². The second kappa shape index (κ2) is 13.8. The van der Waals surface area contributed by atoms with Crippen molar-refractivity contribution >= 4 is 21.9 Å². The zero-order valence-corrected chi connectivity index (χ0v) is 29.8. The molecule has 0 saturated carbocycles. The van der Waals surface area contributed by atoms with Crippen LogP contribution in [0.25, 0.3) is 101 Å². The molecule has 0 N–H and O–H groups in total. The Hall–Kier alpha value is -7.43. The topological polar surface area (TPSA) is 51.8 Å². The number of aromatic nitrogens is 3. The molecular formula is C51H33N3O. The van der Waals surface area contributed by atoms with Gasteiger partial charge in [0.15, 0.2) is 17.5 Å². The van der Waals surface area contributed by atoms with Crippen molar-refractivity contribution in [2.45, 2.75) is 0 Å². The summed E-state index contributed by atoms with van der Waals surface area (Å²) in [5.74, 6) is 1.85. The molecule has 4 heteroatoms. The molecule has 0 fully saturated rings. The number of furan rings is 1. The van der Waals surface area contributed by atoms with Gasteiger partial charge in [0.05, 0.1) is 0 Å². The maximum absolute atomic E-state index is 7.02. The summed E-state index contributed by atoms with van der Waals surface area (Å²) in [7, 11) is 0. The highest BCUT2D eigenvalue weighted by molar-refractivity contribution is 6.14. The Balaban J connectivity index is 1.22. The lowest BCUT2D eigenvalue weighted by molar-refractivity contribution is 0.671. The summed E-state index contributed by atoms with van der Waals surface area (Å²) < 4.78 is 7.02. The van der Waals surface area contributed by atoms with Gasteiger partial charge in [-0.1, -0.05) is 170 Å². The Labute approximate surface area is 319 Å². The van der Waals surface area contributed by atoms with E-state index in [1.807, 2.05) is 72.8 Å². The fourth-order valence-corrected chi connectivity index (χ4v) is 7.40. The minimum absolute atomic E-state index is 0.599. The maximum atomic E-state index is 7.02. The fourth-order valence-electron chi connectivity index (χ4n) is 7.40. The number of benzene rings is 8. The number of hydrogen-bond donors (Lipinski definition) is 0. The van der Waals surface area contributed by atoms with E-state index in [0.717, 1.165) is 83.1 Å². The van der Waals surface area contributed by atoms with Crippen molar-refractivity contribution in [3.05, 3.63) is 200 Å². The monoisotopic (exact) mass is 703 g/mol. The fraction of sp³-hybridized carbons (Fsp3) is 0. The first-order chi connectivity index (χ1) is 27.2. The highest BCUT2D eigenvalue weighted by atomic mass is 16.3. The standard InChI is InChI=1S/C51H33N3O/c1-6-17-34(18-7-1)39-29-41(31-42(30-39)51-53-49(37-23-12-4-13-24-37)52-50(54-51)38-25-14-5-15-26-38)43-27-16-28-44-46-33-40(35-19-8-2-9-20-35)32-45(48(46)55-47(43)44)36-21-10-3-11-22-36/h1-33H. The van der Waals surface area contributed by atoms with E-state index in [4.69, 9.17) is 19.4 Å². The van der Waals surface area contributed by atoms with Gasteiger partial charge in [0, 0.05) is 38.6 Å². The van der Waals surface area contributed by atoms with Crippen LogP contribution in [0.1, 0.15) is 0 Å². The Kier molecular flexibility index (Phi) is 8.12. The van der Waals surface area contributed by atoms with Crippen molar-refractivity contribution in [1.82, 2.24) is 15.0 Å². The van der Waals surface area contributed by atoms with Crippen molar-refractivity contribution in [3.63, 3.8) is 0 Å². The molecule has 0 unspecified atom stereocenters. The molecular weight excluding hydrogens is 671 g/mol. The second-order valence-electron chi connectivity index (χ2n) is 13.6. The quantitative estimate of drug-likeness (QED) is 0.166. The van der Waals surface area contributed by atoms with E-state index in [2.05, 4.69) is 127 Å². The molecule has 0 amide bonds. The summed E-state index contributed by atoms with van der Waals surface area (Å²) in [5, 5.41) is 2.14. The van der Waals surface area contributed by atoms with Crippen LogP contribution in [-0.2, 0) is 0 Å². The molecule has 0 radical (unpaired) electrons. The first kappa shape index (κ1) is 32.2. The predicted molar refractivity (Wildman–Crippen MR) is 225 cm³/mol. The SMILES string of the molecule is c1ccc(-c2cc(-c3nc(-c4ccccc4)nc(-c4ccccc4)n3)cc(-c3cccc4c3oc3c(-c5ccccc5)cc(-c5ccccc5)cc34)c2)cc1. The van der Waals surface area contributed by atoms with Crippen LogP contribution in [0.3, 0.4) is 0 Å². The number of para-hydroxylation sites is 1. The van der Waals surface area contributed by atoms with E-state index >= 15 is 0 Å². The first-order valence-electron chi connectivity index (χ1n) is 18.4. The van der Waals surface area contributed by atoms with Crippen LogP contribution in [0.2, 0.25) is 0 Å². The molecule has 2 aromatic heterocycles. The van der Waals surface area contributed by atoms with E-state index in [-0.39, 0.29) is 0 Å². The summed E-state index contributed by atoms with van der Waals surface area (Å²) in [6.45, 7) is 0. The molecule has 0 atom stereocenters. The van der Waals surface area contributed by atoms with Crippen LogP contribution in [0.15, 0.2) is 205 Å². The summed E-state index contributed by atoms with van der Waals surface area (Å²) in [6.07, 6.45) is 0. The van der Waals surface area contributed by atoms with Crippen LogP contribution in [0.5, 0.6) is 0 Å². The van der Waals surface area contributed by atoms with E-state index < -0.39 is 0 Å². The van der Waals surface area contributed by atoms with Gasteiger partial charge in [-0.15, -0.1) is 0 Å². The number of hydrogen-bond acceptors (Lipinski definition) is 4. The smallest absolute Gasteiger partial charge is 0.164 e. The molecule has 0 spiro atoms. The Morgan fingerprint density at radius 3 is 1.22 bits per heavy atom. The Bertz CT molecular complexity index is 2890. The van der Waals surface area contributed by atoms with E-state index in [1.165, 1.54) is 0 Å². The summed E-state index contributed by atoms with van der Waals surface area (Å²) in [6, 6.07) is 69.3. The average molecular weight is 704 g/mol. The van der Waals surface area contributed by atoms with Gasteiger partial charge in [-0.05, 0) is 63.7 Å². The molecule has 10 aromatic rings. The first-order valence-corrected chi connectivity index (χ1v) is 18.4. The lowest BCUT2D eigenvalue weighted by atomic mass is 9.93. The third-order valence-corrected chi connectivity index (χ3v) is 10.1. The third-order valence-electron chi connectivity index (χ3n) is 10.1. The minimum Gasteiger partial charge on any atom is -0.455 e. The average Bonchev–Trinajstić information content (AvgIpc) is 3.66. The molecule has 0 aliphatic carbocycles. The molecule has 10 rings (SSSR count). The molecule has 55 heavy (non-hydrogen) atoms. The van der Waals surface area contributed by atoms with Gasteiger partial charge >= 0.3 is 0 Å². The molecule has 2 heterocycles. The van der Waals surface area contributed by atoms with Crippen LogP contribution < -0.4 is 0 Å². The molecule has 0 bridgehead atoms. The largest absolute Gasteiger partial charge is 0.455 e. The lowest BCUT2D eigenvalue weighted by Crippen LogP contribution is -2.00. The Morgan fingerprint density at radius 1 is 0.255 bits per heavy atom. The molecule has 4 nitrogen and oxygen atoms in total. The zero-order valence-electron chi connectivity index (χ0n) is 29.8. The zero-order chi connectivity index (χ0) is 36.6. The molecule has 8 aromatic carbocycles. The van der Waals surface area contributed by atoms with E-state index in [0.29, 0.717) is 17.5 Å². The van der Waals surface area contributed by atoms with Crippen LogP contribution in [0.4, 0.5) is 0 Å². The lowest BCUT2D eigenvalue weighted by Gasteiger charge is -2.12. The highest BCUT2D eigenvalue weighted by Crippen LogP contribution is 2.43. The van der Waals surface area contributed by atoms with E-state index in [9.17, 15) is 0 Å². The van der Waals surface area contributed by atoms with Crippen LogP contribution in [-0.4, -0.2) is 15.0 Å². The van der Waals surface area contributed by atoms with Gasteiger partial charge in [-0.2, -0.15) is 0 Å². The van der Waals surface area contributed by atoms with Crippen molar-refractivity contribution in [2.24, 2.45) is 0 Å². The van der Waals surface area contributed by atoms with Crippen LogP contribution in [0, 0.1) is 0 Å². The van der Waals surface area contributed by atoms with E-state index in [1.54, 1.807) is 0 Å². The van der Waals surface area contributed by atoms with Gasteiger partial charge < -0.3 is 4.42 Å². The summed E-state index contributed by atoms with van der Waals surface area (Å²) in [5.41, 5.74) is 13.1. The van der Waals surface area contributed by atoms with Crippen molar-refractivity contribution in [2.75, 3.05) is 0 Å². The Morgan fingerprint density at radius 2 is 0.673 bits per heavy atom. The third kappa shape index (κ3) is 6.16. The summed E-state index contributed by atoms with van der Waals surface area (Å²) >= 11 is 0. The number of nitrogens with zero attached hydrogens (tertiary/aromatic N) is 3. The molecule has 0 aliphatic rings. The minimum atomic E-state index is 0.599. The maximum Gasteiger partial charge on any atom is 0.164 e. The van der Waals surface area contributed by atoms with Gasteiger partial charge in [-0.25, -0.2) is 15.0 Å². The molecule has 258 valence electrons. The highest BCUT2D eigenvalue weighted by Gasteiger charge is 2.20. The summed E-state index contributed by atoms with van der Waals surface area (Å²) in [4.78, 5) is 15.2. The normalized spacial score (nSPS) is 11.3. The van der Waals surface area contributed by atoms with Gasteiger partial charge in [-0.3, -0.25) is 0 Å². The number of fused-ring (bicyclic) bond motifs is 3. The van der Waals surface area contributed by atoms with Crippen molar-refractivity contribution in [3.8, 4) is 78.7 Å². The molecule has 0 saturated heterocycles. The van der Waals surface area contributed by atoms with Gasteiger partial charge in [0.2, 0.25) is 0 Å². The van der Waals surface area contributed by atoms with Crippen LogP contribution >= 0.6 is 0 Å². The molecule has 0 aliphatic heterocycles.